The van der Waals surface area contributed by atoms with Crippen molar-refractivity contribution < 1.29 is 9.53 Å². The van der Waals surface area contributed by atoms with Crippen molar-refractivity contribution in [3.8, 4) is 5.75 Å². The van der Waals surface area contributed by atoms with Gasteiger partial charge in [-0.3, -0.25) is 0 Å². The lowest BCUT2D eigenvalue weighted by Gasteiger charge is -2.26. The van der Waals surface area contributed by atoms with Gasteiger partial charge in [0.1, 0.15) is 12.4 Å². The molecule has 3 rings (SSSR count). The summed E-state index contributed by atoms with van der Waals surface area (Å²) in [4.78, 5) is 12.1. The molecule has 4 heteroatoms. The lowest BCUT2D eigenvalue weighted by atomic mass is 10.0. The number of fused-ring (bicyclic) bond motifs is 1. The molecule has 0 spiro atoms. The van der Waals surface area contributed by atoms with E-state index in [1.165, 1.54) is 5.56 Å². The lowest BCUT2D eigenvalue weighted by molar-refractivity contribution is 0.222. The number of carbonyl (C=O) groups excluding carboxylic acids is 1. The molecule has 2 N–H and O–H groups in total. The van der Waals surface area contributed by atoms with Crippen LogP contribution in [0.2, 0.25) is 0 Å². The number of hydrogen-bond donors (Lipinski definition) is 2. The maximum Gasteiger partial charge on any atom is 0.319 e. The summed E-state index contributed by atoms with van der Waals surface area (Å²) in [5.41, 5.74) is 3.18. The van der Waals surface area contributed by atoms with E-state index < -0.39 is 0 Å². The molecule has 0 saturated carbocycles. The summed E-state index contributed by atoms with van der Waals surface area (Å²) in [5, 5.41) is 5.84. The standard InChI is InChI=1S/C19H22N2O2/c1-13(2)14-7-9-16(10-8-14)20-19(22)21-17-11-15-5-3-4-6-18(15)23-12-17/h3-10,13,17H,11-12H2,1-2H3,(H2,20,21,22)/t17-/m0/s1. The third-order valence-electron chi connectivity index (χ3n) is 4.05. The van der Waals surface area contributed by atoms with Gasteiger partial charge in [0.25, 0.3) is 0 Å². The van der Waals surface area contributed by atoms with Crippen molar-refractivity contribution in [3.05, 3.63) is 59.7 Å². The molecule has 120 valence electrons. The maximum atomic E-state index is 12.1. The second-order valence-electron chi connectivity index (χ2n) is 6.19. The van der Waals surface area contributed by atoms with Crippen molar-refractivity contribution in [2.45, 2.75) is 32.2 Å². The Morgan fingerprint density at radius 2 is 1.87 bits per heavy atom. The highest BCUT2D eigenvalue weighted by molar-refractivity contribution is 5.89. The second kappa shape index (κ2) is 6.73. The fourth-order valence-corrected chi connectivity index (χ4v) is 2.72. The van der Waals surface area contributed by atoms with Crippen LogP contribution in [-0.2, 0) is 6.42 Å². The Balaban J connectivity index is 1.56. The number of rotatable bonds is 3. The van der Waals surface area contributed by atoms with Gasteiger partial charge < -0.3 is 15.4 Å². The minimum absolute atomic E-state index is 0.0140. The Bertz CT molecular complexity index is 680. The minimum Gasteiger partial charge on any atom is -0.491 e. The van der Waals surface area contributed by atoms with E-state index in [1.54, 1.807) is 0 Å². The van der Waals surface area contributed by atoms with Crippen LogP contribution in [0.25, 0.3) is 0 Å². The lowest BCUT2D eigenvalue weighted by Crippen LogP contribution is -2.44. The number of carbonyl (C=O) groups is 1. The molecule has 2 amide bonds. The van der Waals surface area contributed by atoms with E-state index in [0.29, 0.717) is 12.5 Å². The molecular formula is C19H22N2O2. The van der Waals surface area contributed by atoms with Gasteiger partial charge in [0, 0.05) is 5.69 Å². The van der Waals surface area contributed by atoms with Gasteiger partial charge in [-0.1, -0.05) is 44.2 Å². The van der Waals surface area contributed by atoms with Gasteiger partial charge in [0.2, 0.25) is 0 Å². The van der Waals surface area contributed by atoms with Crippen molar-refractivity contribution in [1.82, 2.24) is 5.32 Å². The van der Waals surface area contributed by atoms with Crippen molar-refractivity contribution in [2.75, 3.05) is 11.9 Å². The van der Waals surface area contributed by atoms with Crippen LogP contribution in [-0.4, -0.2) is 18.7 Å². The summed E-state index contributed by atoms with van der Waals surface area (Å²) < 4.78 is 5.69. The normalized spacial score (nSPS) is 16.4. The zero-order valence-electron chi connectivity index (χ0n) is 13.5. The first kappa shape index (κ1) is 15.4. The van der Waals surface area contributed by atoms with Crippen molar-refractivity contribution in [2.24, 2.45) is 0 Å². The number of hydrogen-bond acceptors (Lipinski definition) is 2. The van der Waals surface area contributed by atoms with E-state index in [0.717, 1.165) is 23.4 Å². The molecule has 0 fully saturated rings. The van der Waals surface area contributed by atoms with Gasteiger partial charge in [-0.15, -0.1) is 0 Å². The average molecular weight is 310 g/mol. The van der Waals surface area contributed by atoms with Gasteiger partial charge >= 0.3 is 6.03 Å². The molecule has 1 aliphatic rings. The fraction of sp³-hybridized carbons (Fsp3) is 0.316. The highest BCUT2D eigenvalue weighted by Crippen LogP contribution is 2.24. The van der Waals surface area contributed by atoms with E-state index in [9.17, 15) is 4.79 Å². The number of nitrogens with one attached hydrogen (secondary N) is 2. The SMILES string of the molecule is CC(C)c1ccc(NC(=O)N[C@@H]2COc3ccccc3C2)cc1. The van der Waals surface area contributed by atoms with Crippen LogP contribution in [0.1, 0.15) is 30.9 Å². The molecule has 0 bridgehead atoms. The van der Waals surface area contributed by atoms with Gasteiger partial charge in [0.15, 0.2) is 0 Å². The zero-order chi connectivity index (χ0) is 16.2. The molecule has 0 radical (unpaired) electrons. The first-order valence-corrected chi connectivity index (χ1v) is 8.00. The molecule has 4 nitrogen and oxygen atoms in total. The van der Waals surface area contributed by atoms with Gasteiger partial charge in [-0.05, 0) is 41.7 Å². The first-order valence-electron chi connectivity index (χ1n) is 8.00. The quantitative estimate of drug-likeness (QED) is 0.902. The number of urea groups is 1. The van der Waals surface area contributed by atoms with Crippen LogP contribution < -0.4 is 15.4 Å². The topological polar surface area (TPSA) is 50.4 Å². The van der Waals surface area contributed by atoms with Crippen LogP contribution in [0.5, 0.6) is 5.75 Å². The summed E-state index contributed by atoms with van der Waals surface area (Å²) in [6.07, 6.45) is 0.788. The van der Waals surface area contributed by atoms with E-state index in [4.69, 9.17) is 4.74 Å². The Labute approximate surface area is 136 Å². The summed E-state index contributed by atoms with van der Waals surface area (Å²) in [5.74, 6) is 1.40. The van der Waals surface area contributed by atoms with E-state index in [2.05, 4.69) is 24.5 Å². The summed E-state index contributed by atoms with van der Waals surface area (Å²) in [7, 11) is 0. The number of para-hydroxylation sites is 1. The van der Waals surface area contributed by atoms with Crippen LogP contribution >= 0.6 is 0 Å². The van der Waals surface area contributed by atoms with Gasteiger partial charge in [0.05, 0.1) is 6.04 Å². The molecular weight excluding hydrogens is 288 g/mol. The van der Waals surface area contributed by atoms with Crippen LogP contribution in [0.3, 0.4) is 0 Å². The van der Waals surface area contributed by atoms with Crippen LogP contribution in [0.4, 0.5) is 10.5 Å². The van der Waals surface area contributed by atoms with E-state index in [1.807, 2.05) is 48.5 Å². The third kappa shape index (κ3) is 3.83. The van der Waals surface area contributed by atoms with E-state index in [-0.39, 0.29) is 12.1 Å². The molecule has 1 heterocycles. The molecule has 0 unspecified atom stereocenters. The third-order valence-corrected chi connectivity index (χ3v) is 4.05. The number of anilines is 1. The average Bonchev–Trinajstić information content (AvgIpc) is 2.55. The molecule has 23 heavy (non-hydrogen) atoms. The van der Waals surface area contributed by atoms with Crippen LogP contribution in [0, 0.1) is 0 Å². The second-order valence-corrected chi connectivity index (χ2v) is 6.19. The summed E-state index contributed by atoms with van der Waals surface area (Å²) >= 11 is 0. The smallest absolute Gasteiger partial charge is 0.319 e. The molecule has 0 aliphatic carbocycles. The highest BCUT2D eigenvalue weighted by atomic mass is 16.5. The van der Waals surface area contributed by atoms with Gasteiger partial charge in [-0.2, -0.15) is 0 Å². The molecule has 2 aromatic carbocycles. The number of ether oxygens (including phenoxy) is 1. The summed E-state index contributed by atoms with van der Waals surface area (Å²) in [6.45, 7) is 4.79. The maximum absolute atomic E-state index is 12.1. The predicted molar refractivity (Wildman–Crippen MR) is 92.1 cm³/mol. The highest BCUT2D eigenvalue weighted by Gasteiger charge is 2.20. The van der Waals surface area contributed by atoms with Crippen LogP contribution in [0.15, 0.2) is 48.5 Å². The molecule has 1 atom stereocenters. The minimum atomic E-state index is -0.199. The molecule has 0 aromatic heterocycles. The fourth-order valence-electron chi connectivity index (χ4n) is 2.72. The Morgan fingerprint density at radius 1 is 1.13 bits per heavy atom. The molecule has 1 aliphatic heterocycles. The zero-order valence-corrected chi connectivity index (χ0v) is 13.5. The molecule has 2 aromatic rings. The first-order chi connectivity index (χ1) is 11.1. The van der Waals surface area contributed by atoms with Crippen molar-refractivity contribution in [3.63, 3.8) is 0 Å². The Morgan fingerprint density at radius 3 is 2.61 bits per heavy atom. The Hall–Kier alpha value is -2.49. The largest absolute Gasteiger partial charge is 0.491 e. The van der Waals surface area contributed by atoms with E-state index >= 15 is 0 Å². The number of benzene rings is 2. The Kier molecular flexibility index (Phi) is 4.51. The summed E-state index contributed by atoms with van der Waals surface area (Å²) in [6, 6.07) is 15.7. The monoisotopic (exact) mass is 310 g/mol. The van der Waals surface area contributed by atoms with Crippen molar-refractivity contribution >= 4 is 11.7 Å². The predicted octanol–water partition coefficient (Wildman–Crippen LogP) is 3.94. The van der Waals surface area contributed by atoms with Gasteiger partial charge in [-0.25, -0.2) is 4.79 Å². The molecule has 0 saturated heterocycles. The number of amides is 2. The van der Waals surface area contributed by atoms with Crippen molar-refractivity contribution in [1.29, 1.82) is 0 Å².